The molecule has 1 aliphatic rings. The summed E-state index contributed by atoms with van der Waals surface area (Å²) in [7, 11) is -3.82. The van der Waals surface area contributed by atoms with Gasteiger partial charge in [-0.2, -0.15) is 0 Å². The maximum atomic E-state index is 13.4. The van der Waals surface area contributed by atoms with Crippen molar-refractivity contribution in [3.8, 4) is 0 Å². The van der Waals surface area contributed by atoms with Crippen molar-refractivity contribution in [1.82, 2.24) is 18.8 Å². The molecule has 1 atom stereocenters. The molecule has 0 bridgehead atoms. The van der Waals surface area contributed by atoms with Crippen LogP contribution in [-0.2, 0) is 10.0 Å². The largest absolute Gasteiger partial charge is 0.478 e. The molecule has 36 heavy (non-hydrogen) atoms. The second-order valence-corrected chi connectivity index (χ2v) is 10.3. The first-order valence-corrected chi connectivity index (χ1v) is 12.9. The second-order valence-electron chi connectivity index (χ2n) is 8.51. The molecule has 4 aromatic rings. The Morgan fingerprint density at radius 3 is 2.22 bits per heavy atom. The minimum atomic E-state index is -3.82. The summed E-state index contributed by atoms with van der Waals surface area (Å²) in [6.07, 6.45) is 4.19. The van der Waals surface area contributed by atoms with Crippen molar-refractivity contribution in [2.75, 3.05) is 37.7 Å². The Morgan fingerprint density at radius 1 is 0.944 bits per heavy atom. The SMILES string of the molecule is O=C(O)c1cnc(N2CCN(C(CO)c3cn(S(=O)(=O)c4ccccc4)c4ccccc34)CC2)nc1. The monoisotopic (exact) mass is 507 g/mol. The lowest BCUT2D eigenvalue weighted by atomic mass is 10.0. The predicted molar refractivity (Wildman–Crippen MR) is 134 cm³/mol. The van der Waals surface area contributed by atoms with E-state index in [0.29, 0.717) is 37.6 Å². The van der Waals surface area contributed by atoms with Crippen molar-refractivity contribution in [2.24, 2.45) is 0 Å². The molecule has 5 rings (SSSR count). The van der Waals surface area contributed by atoms with Crippen LogP contribution < -0.4 is 4.90 Å². The Balaban J connectivity index is 1.42. The van der Waals surface area contributed by atoms with Crippen LogP contribution in [0.4, 0.5) is 5.95 Å². The summed E-state index contributed by atoms with van der Waals surface area (Å²) in [4.78, 5) is 23.7. The number of aliphatic hydroxyl groups is 1. The number of fused-ring (bicyclic) bond motifs is 1. The van der Waals surface area contributed by atoms with Gasteiger partial charge in [0.05, 0.1) is 28.6 Å². The highest BCUT2D eigenvalue weighted by atomic mass is 32.2. The van der Waals surface area contributed by atoms with Crippen molar-refractivity contribution in [3.63, 3.8) is 0 Å². The standard InChI is InChI=1S/C25H25N5O5S/c31-17-23(28-10-12-29(13-11-28)25-26-14-18(15-27-25)24(32)33)21-16-30(22-9-5-4-8-20(21)22)36(34,35)19-6-2-1-3-7-19/h1-9,14-16,23,31H,10-13,17H2,(H,32,33). The first kappa shape index (κ1) is 23.9. The lowest BCUT2D eigenvalue weighted by Gasteiger charge is -2.38. The Hall–Kier alpha value is -3.80. The van der Waals surface area contributed by atoms with Crippen molar-refractivity contribution in [2.45, 2.75) is 10.9 Å². The quantitative estimate of drug-likeness (QED) is 0.387. The smallest absolute Gasteiger partial charge is 0.338 e. The normalized spacial score (nSPS) is 15.8. The molecule has 0 spiro atoms. The van der Waals surface area contributed by atoms with E-state index in [2.05, 4.69) is 14.9 Å². The second kappa shape index (κ2) is 9.69. The van der Waals surface area contributed by atoms with E-state index in [1.807, 2.05) is 17.0 Å². The molecule has 1 unspecified atom stereocenters. The number of benzene rings is 2. The van der Waals surface area contributed by atoms with Crippen LogP contribution in [0.25, 0.3) is 10.9 Å². The Bertz CT molecular complexity index is 1480. The van der Waals surface area contributed by atoms with Crippen LogP contribution in [0.15, 0.2) is 78.1 Å². The maximum absolute atomic E-state index is 13.4. The van der Waals surface area contributed by atoms with E-state index in [1.54, 1.807) is 48.7 Å². The van der Waals surface area contributed by atoms with E-state index in [9.17, 15) is 18.3 Å². The Kier molecular flexibility index (Phi) is 6.44. The molecule has 10 nitrogen and oxygen atoms in total. The van der Waals surface area contributed by atoms with Crippen molar-refractivity contribution in [1.29, 1.82) is 0 Å². The zero-order valence-electron chi connectivity index (χ0n) is 19.3. The third-order valence-corrected chi connectivity index (χ3v) is 8.15. The summed E-state index contributed by atoms with van der Waals surface area (Å²) in [5.74, 6) is -0.628. The van der Waals surface area contributed by atoms with Crippen LogP contribution in [0.1, 0.15) is 22.0 Å². The van der Waals surface area contributed by atoms with Crippen molar-refractivity contribution >= 4 is 32.8 Å². The van der Waals surface area contributed by atoms with Gasteiger partial charge < -0.3 is 15.1 Å². The number of aromatic carboxylic acids is 1. The predicted octanol–water partition coefficient (Wildman–Crippen LogP) is 2.22. The number of piperazine rings is 1. The average molecular weight is 508 g/mol. The summed E-state index contributed by atoms with van der Waals surface area (Å²) in [6, 6.07) is 15.2. The lowest BCUT2D eigenvalue weighted by molar-refractivity contribution is 0.0696. The van der Waals surface area contributed by atoms with Gasteiger partial charge in [-0.15, -0.1) is 0 Å². The zero-order chi connectivity index (χ0) is 25.3. The maximum Gasteiger partial charge on any atom is 0.338 e. The summed E-state index contributed by atoms with van der Waals surface area (Å²) < 4.78 is 28.2. The van der Waals surface area contributed by atoms with E-state index < -0.39 is 22.0 Å². The molecule has 1 fully saturated rings. The van der Waals surface area contributed by atoms with Crippen LogP contribution in [0.3, 0.4) is 0 Å². The van der Waals surface area contributed by atoms with Crippen LogP contribution >= 0.6 is 0 Å². The average Bonchev–Trinajstić information content (AvgIpc) is 3.30. The van der Waals surface area contributed by atoms with Crippen molar-refractivity contribution < 1.29 is 23.4 Å². The third kappa shape index (κ3) is 4.32. The molecule has 3 heterocycles. The molecule has 2 aromatic carbocycles. The first-order valence-electron chi connectivity index (χ1n) is 11.5. The molecule has 2 aromatic heterocycles. The van der Waals surface area contributed by atoms with Gasteiger partial charge >= 0.3 is 5.97 Å². The van der Waals surface area contributed by atoms with E-state index in [-0.39, 0.29) is 17.1 Å². The fourth-order valence-corrected chi connectivity index (χ4v) is 5.98. The number of carboxylic acid groups (broad SMARTS) is 1. The summed E-state index contributed by atoms with van der Waals surface area (Å²) in [5, 5.41) is 20.2. The molecule has 2 N–H and O–H groups in total. The fraction of sp³-hybridized carbons (Fsp3) is 0.240. The highest BCUT2D eigenvalue weighted by Gasteiger charge is 2.30. The first-order chi connectivity index (χ1) is 17.4. The number of carboxylic acids is 1. The van der Waals surface area contributed by atoms with E-state index in [0.717, 1.165) is 10.9 Å². The van der Waals surface area contributed by atoms with Gasteiger partial charge in [0.25, 0.3) is 10.0 Å². The number of carbonyl (C=O) groups is 1. The minimum Gasteiger partial charge on any atom is -0.478 e. The molecule has 0 amide bonds. The number of para-hydroxylation sites is 1. The molecule has 1 aliphatic heterocycles. The molecule has 186 valence electrons. The summed E-state index contributed by atoms with van der Waals surface area (Å²) in [6.45, 7) is 2.14. The van der Waals surface area contributed by atoms with E-state index >= 15 is 0 Å². The number of aliphatic hydroxyl groups excluding tert-OH is 1. The van der Waals surface area contributed by atoms with Crippen LogP contribution in [0.2, 0.25) is 0 Å². The van der Waals surface area contributed by atoms with E-state index in [1.165, 1.54) is 16.4 Å². The highest BCUT2D eigenvalue weighted by molar-refractivity contribution is 7.90. The number of nitrogens with zero attached hydrogens (tertiary/aromatic N) is 5. The molecular formula is C25H25N5O5S. The number of aromatic nitrogens is 3. The number of anilines is 1. The number of hydrogen-bond acceptors (Lipinski definition) is 8. The van der Waals surface area contributed by atoms with Crippen LogP contribution in [0.5, 0.6) is 0 Å². The molecule has 0 saturated carbocycles. The fourth-order valence-electron chi connectivity index (χ4n) is 4.58. The van der Waals surface area contributed by atoms with Gasteiger partial charge in [0.1, 0.15) is 0 Å². The number of rotatable bonds is 7. The number of hydrogen-bond donors (Lipinski definition) is 2. The van der Waals surface area contributed by atoms with Crippen LogP contribution in [-0.4, -0.2) is 76.2 Å². The molecule has 11 heteroatoms. The Labute approximate surface area is 208 Å². The Morgan fingerprint density at radius 2 is 1.58 bits per heavy atom. The van der Waals surface area contributed by atoms with Gasteiger partial charge in [0, 0.05) is 50.2 Å². The minimum absolute atomic E-state index is 0.0274. The van der Waals surface area contributed by atoms with Crippen molar-refractivity contribution in [3.05, 3.63) is 84.3 Å². The molecule has 0 radical (unpaired) electrons. The summed E-state index contributed by atoms with van der Waals surface area (Å²) >= 11 is 0. The molecular weight excluding hydrogens is 482 g/mol. The zero-order valence-corrected chi connectivity index (χ0v) is 20.1. The highest BCUT2D eigenvalue weighted by Crippen LogP contribution is 2.33. The third-order valence-electron chi connectivity index (χ3n) is 6.46. The topological polar surface area (TPSA) is 129 Å². The lowest BCUT2D eigenvalue weighted by Crippen LogP contribution is -2.48. The van der Waals surface area contributed by atoms with Gasteiger partial charge in [0.2, 0.25) is 5.95 Å². The van der Waals surface area contributed by atoms with Gasteiger partial charge in [-0.1, -0.05) is 36.4 Å². The van der Waals surface area contributed by atoms with Crippen LogP contribution in [0, 0.1) is 0 Å². The molecule has 1 saturated heterocycles. The van der Waals surface area contributed by atoms with Gasteiger partial charge in [-0.25, -0.2) is 27.2 Å². The van der Waals surface area contributed by atoms with E-state index in [4.69, 9.17) is 5.11 Å². The van der Waals surface area contributed by atoms with Gasteiger partial charge in [-0.05, 0) is 23.8 Å². The molecule has 0 aliphatic carbocycles. The van der Waals surface area contributed by atoms with Gasteiger partial charge in [0.15, 0.2) is 0 Å². The summed E-state index contributed by atoms with van der Waals surface area (Å²) in [5.41, 5.74) is 1.32. The van der Waals surface area contributed by atoms with Gasteiger partial charge in [-0.3, -0.25) is 4.90 Å².